The van der Waals surface area contributed by atoms with E-state index in [4.69, 9.17) is 9.47 Å². The minimum atomic E-state index is -0.751. The van der Waals surface area contributed by atoms with Crippen molar-refractivity contribution in [2.75, 3.05) is 20.2 Å². The average Bonchev–Trinajstić information content (AvgIpc) is 2.89. The fourth-order valence-electron chi connectivity index (χ4n) is 5.59. The molecule has 0 bridgehead atoms. The van der Waals surface area contributed by atoms with Gasteiger partial charge in [-0.25, -0.2) is 4.98 Å². The third-order valence-electron chi connectivity index (χ3n) is 7.77. The number of carboxylic acids is 1. The monoisotopic (exact) mass is 491 g/mol. The van der Waals surface area contributed by atoms with Crippen molar-refractivity contribution >= 4 is 16.9 Å². The Morgan fingerprint density at radius 3 is 2.78 bits per heavy atom. The Labute approximate surface area is 210 Å². The van der Waals surface area contributed by atoms with E-state index >= 15 is 0 Å². The summed E-state index contributed by atoms with van der Waals surface area (Å²) < 4.78 is 11.3. The molecule has 3 aromatic rings. The topological polar surface area (TPSA) is 105 Å². The molecule has 5 rings (SSSR count). The molecular weight excluding hydrogens is 458 g/mol. The Morgan fingerprint density at radius 2 is 2.03 bits per heavy atom. The molecule has 1 aliphatic carbocycles. The molecule has 8 heteroatoms. The molecule has 8 nitrogen and oxygen atoms in total. The number of rotatable bonds is 9. The highest BCUT2D eigenvalue weighted by atomic mass is 16.5. The lowest BCUT2D eigenvalue weighted by molar-refractivity contribution is -0.147. The van der Waals surface area contributed by atoms with E-state index in [2.05, 4.69) is 14.9 Å². The van der Waals surface area contributed by atoms with E-state index in [0.717, 1.165) is 42.3 Å². The van der Waals surface area contributed by atoms with Crippen LogP contribution in [0, 0.1) is 11.8 Å². The number of hydrogen-bond donors (Lipinski definition) is 2. The summed E-state index contributed by atoms with van der Waals surface area (Å²) in [5.74, 6) is 0.208. The molecule has 1 saturated heterocycles. The zero-order chi connectivity index (χ0) is 25.1. The second-order valence-electron chi connectivity index (χ2n) is 9.90. The Morgan fingerprint density at radius 1 is 1.17 bits per heavy atom. The molecule has 0 spiro atoms. The summed E-state index contributed by atoms with van der Waals surface area (Å²) in [6, 6.07) is 13.4. The van der Waals surface area contributed by atoms with Crippen LogP contribution in [-0.4, -0.2) is 63.4 Å². The first kappa shape index (κ1) is 24.5. The number of methoxy groups -OCH3 is 1. The van der Waals surface area contributed by atoms with E-state index < -0.39 is 18.0 Å². The zero-order valence-corrected chi connectivity index (χ0v) is 20.5. The minimum absolute atomic E-state index is 0.0386. The summed E-state index contributed by atoms with van der Waals surface area (Å²) in [4.78, 5) is 23.1. The molecule has 36 heavy (non-hydrogen) atoms. The van der Waals surface area contributed by atoms with E-state index in [-0.39, 0.29) is 12.0 Å². The van der Waals surface area contributed by atoms with Crippen molar-refractivity contribution < 1.29 is 24.5 Å². The SMILES string of the molecule is COc1ccc2nccc(C(O)CC[C@@H]3CCN(C4CC(Oc5ccccn5)C4)C[C@@H]3C(=O)O)c2c1. The highest BCUT2D eigenvalue weighted by molar-refractivity contribution is 5.83. The van der Waals surface area contributed by atoms with Gasteiger partial charge in [0.25, 0.3) is 0 Å². The predicted molar refractivity (Wildman–Crippen MR) is 135 cm³/mol. The van der Waals surface area contributed by atoms with Crippen molar-refractivity contribution in [3.63, 3.8) is 0 Å². The lowest BCUT2D eigenvalue weighted by atomic mass is 9.78. The number of aromatic nitrogens is 2. The van der Waals surface area contributed by atoms with Crippen molar-refractivity contribution in [1.29, 1.82) is 0 Å². The smallest absolute Gasteiger partial charge is 0.308 e. The van der Waals surface area contributed by atoms with Crippen LogP contribution in [0.4, 0.5) is 0 Å². The van der Waals surface area contributed by atoms with E-state index in [1.165, 1.54) is 0 Å². The van der Waals surface area contributed by atoms with Crippen LogP contribution < -0.4 is 9.47 Å². The van der Waals surface area contributed by atoms with Gasteiger partial charge in [-0.3, -0.25) is 14.7 Å². The number of benzene rings is 1. The van der Waals surface area contributed by atoms with Gasteiger partial charge in [-0.1, -0.05) is 6.07 Å². The third-order valence-corrected chi connectivity index (χ3v) is 7.77. The van der Waals surface area contributed by atoms with Gasteiger partial charge < -0.3 is 19.7 Å². The molecule has 1 aliphatic heterocycles. The molecule has 2 fully saturated rings. The predicted octanol–water partition coefficient (Wildman–Crippen LogP) is 4.08. The van der Waals surface area contributed by atoms with Crippen LogP contribution in [0.25, 0.3) is 10.9 Å². The first-order valence-electron chi connectivity index (χ1n) is 12.7. The fourth-order valence-corrected chi connectivity index (χ4v) is 5.59. The molecule has 2 aromatic heterocycles. The van der Waals surface area contributed by atoms with Crippen molar-refractivity contribution in [1.82, 2.24) is 14.9 Å². The van der Waals surface area contributed by atoms with Crippen LogP contribution in [0.2, 0.25) is 0 Å². The maximum absolute atomic E-state index is 12.2. The van der Waals surface area contributed by atoms with Crippen LogP contribution in [-0.2, 0) is 4.79 Å². The number of nitrogens with zero attached hydrogens (tertiary/aromatic N) is 3. The summed E-state index contributed by atoms with van der Waals surface area (Å²) in [5, 5.41) is 21.9. The van der Waals surface area contributed by atoms with Crippen molar-refractivity contribution in [3.05, 3.63) is 60.4 Å². The number of piperidine rings is 1. The van der Waals surface area contributed by atoms with Gasteiger partial charge in [-0.15, -0.1) is 0 Å². The number of aliphatic hydroxyl groups excluding tert-OH is 1. The molecular formula is C28H33N3O5. The molecule has 1 aromatic carbocycles. The first-order chi connectivity index (χ1) is 17.5. The number of ether oxygens (including phenoxy) is 2. The number of aliphatic carboxylic acids is 1. The average molecular weight is 492 g/mol. The maximum Gasteiger partial charge on any atom is 0.308 e. The lowest BCUT2D eigenvalue weighted by Crippen LogP contribution is -2.55. The number of aliphatic hydroxyl groups is 1. The standard InChI is InChI=1S/C28H33N3O5/c1-35-20-6-7-25-23(16-20)22(9-12-29-25)26(32)8-5-18-10-13-31(17-24(18)28(33)34)19-14-21(15-19)36-27-4-2-3-11-30-27/h2-4,6-7,9,11-12,16,18-19,21,24,26,32H,5,8,10,13-15,17H2,1H3,(H,33,34)/t18-,19?,21?,24+,26?/m1/s1. The van der Waals surface area contributed by atoms with E-state index in [1.807, 2.05) is 42.5 Å². The second-order valence-corrected chi connectivity index (χ2v) is 9.90. The number of likely N-dealkylation sites (tertiary alicyclic amines) is 1. The van der Waals surface area contributed by atoms with Crippen LogP contribution in [0.5, 0.6) is 11.6 Å². The molecule has 190 valence electrons. The van der Waals surface area contributed by atoms with E-state index in [0.29, 0.717) is 37.1 Å². The lowest BCUT2D eigenvalue weighted by Gasteiger charge is -2.47. The normalized spacial score (nSPS) is 25.2. The first-order valence-corrected chi connectivity index (χ1v) is 12.7. The number of fused-ring (bicyclic) bond motifs is 1. The molecule has 3 heterocycles. The van der Waals surface area contributed by atoms with Gasteiger partial charge in [0.15, 0.2) is 0 Å². The second kappa shape index (κ2) is 10.8. The molecule has 3 atom stereocenters. The molecule has 1 unspecified atom stereocenters. The van der Waals surface area contributed by atoms with Gasteiger partial charge in [-0.05, 0) is 67.6 Å². The highest BCUT2D eigenvalue weighted by Crippen LogP contribution is 2.37. The number of carboxylic acid groups (broad SMARTS) is 1. The molecule has 0 radical (unpaired) electrons. The number of pyridine rings is 2. The van der Waals surface area contributed by atoms with Gasteiger partial charge in [0, 0.05) is 49.3 Å². The van der Waals surface area contributed by atoms with Gasteiger partial charge in [-0.2, -0.15) is 0 Å². The van der Waals surface area contributed by atoms with Crippen molar-refractivity contribution in [2.45, 2.75) is 50.4 Å². The Balaban J connectivity index is 1.17. The largest absolute Gasteiger partial charge is 0.497 e. The summed E-state index contributed by atoms with van der Waals surface area (Å²) in [6.45, 7) is 1.42. The van der Waals surface area contributed by atoms with Gasteiger partial charge >= 0.3 is 5.97 Å². The Kier molecular flexibility index (Phi) is 7.34. The van der Waals surface area contributed by atoms with Crippen LogP contribution >= 0.6 is 0 Å². The molecule has 1 saturated carbocycles. The van der Waals surface area contributed by atoms with Gasteiger partial charge in [0.05, 0.1) is 24.6 Å². The highest BCUT2D eigenvalue weighted by Gasteiger charge is 2.41. The number of carbonyl (C=O) groups is 1. The fraction of sp³-hybridized carbons (Fsp3) is 0.464. The van der Waals surface area contributed by atoms with E-state index in [1.54, 1.807) is 19.5 Å². The minimum Gasteiger partial charge on any atom is -0.497 e. The third kappa shape index (κ3) is 5.29. The molecule has 2 aliphatic rings. The summed E-state index contributed by atoms with van der Waals surface area (Å²) in [6.07, 6.45) is 6.64. The van der Waals surface area contributed by atoms with Crippen LogP contribution in [0.15, 0.2) is 54.9 Å². The Hall–Kier alpha value is -3.23. The summed E-state index contributed by atoms with van der Waals surface area (Å²) in [5.41, 5.74) is 1.60. The number of hydrogen-bond acceptors (Lipinski definition) is 7. The summed E-state index contributed by atoms with van der Waals surface area (Å²) >= 11 is 0. The zero-order valence-electron chi connectivity index (χ0n) is 20.5. The van der Waals surface area contributed by atoms with Gasteiger partial charge in [0.2, 0.25) is 5.88 Å². The van der Waals surface area contributed by atoms with Crippen LogP contribution in [0.3, 0.4) is 0 Å². The van der Waals surface area contributed by atoms with E-state index in [9.17, 15) is 15.0 Å². The Bertz CT molecular complexity index is 1180. The van der Waals surface area contributed by atoms with Crippen molar-refractivity contribution in [3.8, 4) is 11.6 Å². The van der Waals surface area contributed by atoms with Gasteiger partial charge in [0.1, 0.15) is 11.9 Å². The molecule has 2 N–H and O–H groups in total. The summed E-state index contributed by atoms with van der Waals surface area (Å²) in [7, 11) is 1.61. The maximum atomic E-state index is 12.2. The molecule has 0 amide bonds. The quantitative estimate of drug-likeness (QED) is 0.461. The van der Waals surface area contributed by atoms with Crippen LogP contribution in [0.1, 0.15) is 43.8 Å². The van der Waals surface area contributed by atoms with Crippen molar-refractivity contribution in [2.24, 2.45) is 11.8 Å².